The summed E-state index contributed by atoms with van der Waals surface area (Å²) in [7, 11) is 0. The molecule has 0 aliphatic heterocycles. The van der Waals surface area contributed by atoms with Gasteiger partial charge in [-0.2, -0.15) is 0 Å². The molecule has 1 aliphatic rings. The first-order valence-corrected chi connectivity index (χ1v) is 7.19. The Bertz CT molecular complexity index is 317. The molecule has 0 bridgehead atoms. The standard InChI is InChI=1S/C16H25NO/c1-14-7-9-16(10-8-14)17-11-12-18-13-15-5-3-2-4-6-15/h2-6,14,16-17H,7-13H2,1H3. The number of benzene rings is 1. The van der Waals surface area contributed by atoms with Crippen LogP contribution in [0.1, 0.15) is 38.2 Å². The maximum atomic E-state index is 5.67. The Morgan fingerprint density at radius 3 is 2.56 bits per heavy atom. The molecular weight excluding hydrogens is 222 g/mol. The fraction of sp³-hybridized carbons (Fsp3) is 0.625. The normalized spacial score (nSPS) is 24.1. The molecule has 1 fully saturated rings. The minimum Gasteiger partial charge on any atom is -0.375 e. The minimum absolute atomic E-state index is 0.724. The van der Waals surface area contributed by atoms with Gasteiger partial charge in [0, 0.05) is 12.6 Å². The maximum Gasteiger partial charge on any atom is 0.0717 e. The average Bonchev–Trinajstić information content (AvgIpc) is 2.42. The molecule has 18 heavy (non-hydrogen) atoms. The van der Waals surface area contributed by atoms with E-state index < -0.39 is 0 Å². The van der Waals surface area contributed by atoms with Gasteiger partial charge in [-0.1, -0.05) is 37.3 Å². The molecule has 1 aromatic rings. The van der Waals surface area contributed by atoms with Crippen LogP contribution in [0.3, 0.4) is 0 Å². The van der Waals surface area contributed by atoms with Crippen LogP contribution >= 0.6 is 0 Å². The summed E-state index contributed by atoms with van der Waals surface area (Å²) >= 11 is 0. The second-order valence-corrected chi connectivity index (χ2v) is 5.45. The van der Waals surface area contributed by atoms with Gasteiger partial charge in [-0.3, -0.25) is 0 Å². The van der Waals surface area contributed by atoms with Crippen LogP contribution in [0.5, 0.6) is 0 Å². The van der Waals surface area contributed by atoms with Crippen molar-refractivity contribution in [3.05, 3.63) is 35.9 Å². The Balaban J connectivity index is 1.51. The molecule has 1 N–H and O–H groups in total. The van der Waals surface area contributed by atoms with Crippen LogP contribution in [0.15, 0.2) is 30.3 Å². The molecule has 0 unspecified atom stereocenters. The number of nitrogens with one attached hydrogen (secondary N) is 1. The van der Waals surface area contributed by atoms with Gasteiger partial charge in [-0.25, -0.2) is 0 Å². The Morgan fingerprint density at radius 2 is 1.83 bits per heavy atom. The zero-order chi connectivity index (χ0) is 12.6. The first kappa shape index (κ1) is 13.6. The van der Waals surface area contributed by atoms with E-state index in [-0.39, 0.29) is 0 Å². The maximum absolute atomic E-state index is 5.67. The van der Waals surface area contributed by atoms with Crippen molar-refractivity contribution in [3.63, 3.8) is 0 Å². The Kier molecular flexibility index (Phi) is 5.69. The number of hydrogen-bond acceptors (Lipinski definition) is 2. The molecular formula is C16H25NO. The molecule has 1 aromatic carbocycles. The van der Waals surface area contributed by atoms with E-state index in [2.05, 4.69) is 36.5 Å². The molecule has 1 saturated carbocycles. The van der Waals surface area contributed by atoms with E-state index in [1.54, 1.807) is 0 Å². The largest absolute Gasteiger partial charge is 0.375 e. The third-order valence-electron chi connectivity index (χ3n) is 3.81. The highest BCUT2D eigenvalue weighted by Crippen LogP contribution is 2.23. The summed E-state index contributed by atoms with van der Waals surface area (Å²) in [5.74, 6) is 0.928. The molecule has 2 nitrogen and oxygen atoms in total. The van der Waals surface area contributed by atoms with Gasteiger partial charge in [0.15, 0.2) is 0 Å². The minimum atomic E-state index is 0.724. The Morgan fingerprint density at radius 1 is 1.11 bits per heavy atom. The summed E-state index contributed by atoms with van der Waals surface area (Å²) in [4.78, 5) is 0. The van der Waals surface area contributed by atoms with Crippen LogP contribution in [0.4, 0.5) is 0 Å². The van der Waals surface area contributed by atoms with Crippen LogP contribution in [-0.2, 0) is 11.3 Å². The topological polar surface area (TPSA) is 21.3 Å². The molecule has 0 spiro atoms. The molecule has 0 amide bonds. The van der Waals surface area contributed by atoms with Crippen molar-refractivity contribution in [2.45, 2.75) is 45.3 Å². The highest BCUT2D eigenvalue weighted by Gasteiger charge is 2.16. The second kappa shape index (κ2) is 7.55. The fourth-order valence-corrected chi connectivity index (χ4v) is 2.56. The molecule has 0 aromatic heterocycles. The summed E-state index contributed by atoms with van der Waals surface area (Å²) in [6.45, 7) is 4.87. The quantitative estimate of drug-likeness (QED) is 0.778. The fourth-order valence-electron chi connectivity index (χ4n) is 2.56. The average molecular weight is 247 g/mol. The van der Waals surface area contributed by atoms with Crippen molar-refractivity contribution >= 4 is 0 Å². The van der Waals surface area contributed by atoms with Crippen LogP contribution in [0.25, 0.3) is 0 Å². The molecule has 2 rings (SSSR count). The molecule has 1 aliphatic carbocycles. The molecule has 0 heterocycles. The number of hydrogen-bond donors (Lipinski definition) is 1. The summed E-state index contributed by atoms with van der Waals surface area (Å²) < 4.78 is 5.67. The summed E-state index contributed by atoms with van der Waals surface area (Å²) in [5.41, 5.74) is 1.25. The zero-order valence-electron chi connectivity index (χ0n) is 11.4. The molecule has 100 valence electrons. The third-order valence-corrected chi connectivity index (χ3v) is 3.81. The van der Waals surface area contributed by atoms with Gasteiger partial charge in [0.1, 0.15) is 0 Å². The van der Waals surface area contributed by atoms with Gasteiger partial charge in [0.25, 0.3) is 0 Å². The first-order chi connectivity index (χ1) is 8.84. The molecule has 0 radical (unpaired) electrons. The van der Waals surface area contributed by atoms with Gasteiger partial charge >= 0.3 is 0 Å². The van der Waals surface area contributed by atoms with Crippen LogP contribution in [-0.4, -0.2) is 19.2 Å². The van der Waals surface area contributed by atoms with Crippen molar-refractivity contribution in [1.29, 1.82) is 0 Å². The van der Waals surface area contributed by atoms with Crippen LogP contribution < -0.4 is 5.32 Å². The Labute approximate surface area is 111 Å². The van der Waals surface area contributed by atoms with Gasteiger partial charge in [-0.05, 0) is 37.2 Å². The highest BCUT2D eigenvalue weighted by atomic mass is 16.5. The van der Waals surface area contributed by atoms with Gasteiger partial charge in [0.2, 0.25) is 0 Å². The lowest BCUT2D eigenvalue weighted by atomic mass is 9.87. The van der Waals surface area contributed by atoms with E-state index in [0.29, 0.717) is 0 Å². The van der Waals surface area contributed by atoms with Crippen LogP contribution in [0.2, 0.25) is 0 Å². The van der Waals surface area contributed by atoms with Crippen molar-refractivity contribution in [3.8, 4) is 0 Å². The van der Waals surface area contributed by atoms with E-state index in [1.165, 1.54) is 31.2 Å². The third kappa shape index (κ3) is 4.79. The first-order valence-electron chi connectivity index (χ1n) is 7.19. The van der Waals surface area contributed by atoms with E-state index in [1.807, 2.05) is 6.07 Å². The predicted molar refractivity (Wildman–Crippen MR) is 75.5 cm³/mol. The van der Waals surface area contributed by atoms with E-state index in [9.17, 15) is 0 Å². The smallest absolute Gasteiger partial charge is 0.0717 e. The Hall–Kier alpha value is -0.860. The monoisotopic (exact) mass is 247 g/mol. The summed E-state index contributed by atoms with van der Waals surface area (Å²) in [5, 5.41) is 3.60. The number of ether oxygens (including phenoxy) is 1. The van der Waals surface area contributed by atoms with Gasteiger partial charge < -0.3 is 10.1 Å². The lowest BCUT2D eigenvalue weighted by Gasteiger charge is -2.26. The van der Waals surface area contributed by atoms with Crippen molar-refractivity contribution in [1.82, 2.24) is 5.32 Å². The van der Waals surface area contributed by atoms with E-state index in [0.717, 1.165) is 31.7 Å². The second-order valence-electron chi connectivity index (χ2n) is 5.45. The number of rotatable bonds is 6. The molecule has 0 saturated heterocycles. The predicted octanol–water partition coefficient (Wildman–Crippen LogP) is 3.37. The van der Waals surface area contributed by atoms with Crippen LogP contribution in [0, 0.1) is 5.92 Å². The lowest BCUT2D eigenvalue weighted by Crippen LogP contribution is -2.34. The van der Waals surface area contributed by atoms with E-state index >= 15 is 0 Å². The molecule has 2 heteroatoms. The SMILES string of the molecule is CC1CCC(NCCOCc2ccccc2)CC1. The molecule has 0 atom stereocenters. The van der Waals surface area contributed by atoms with Gasteiger partial charge in [0.05, 0.1) is 13.2 Å². The zero-order valence-corrected chi connectivity index (χ0v) is 11.4. The van der Waals surface area contributed by atoms with Crippen molar-refractivity contribution in [2.75, 3.05) is 13.2 Å². The van der Waals surface area contributed by atoms with Gasteiger partial charge in [-0.15, -0.1) is 0 Å². The van der Waals surface area contributed by atoms with Crippen molar-refractivity contribution in [2.24, 2.45) is 5.92 Å². The van der Waals surface area contributed by atoms with Crippen molar-refractivity contribution < 1.29 is 4.74 Å². The highest BCUT2D eigenvalue weighted by molar-refractivity contribution is 5.13. The lowest BCUT2D eigenvalue weighted by molar-refractivity contribution is 0.118. The summed E-state index contributed by atoms with van der Waals surface area (Å²) in [6.07, 6.45) is 5.42. The van der Waals surface area contributed by atoms with E-state index in [4.69, 9.17) is 4.74 Å². The summed E-state index contributed by atoms with van der Waals surface area (Å²) in [6, 6.07) is 11.1.